The van der Waals surface area contributed by atoms with E-state index in [2.05, 4.69) is 20.6 Å². The molecule has 0 saturated heterocycles. The number of nitrogens with zero attached hydrogens (tertiary/aromatic N) is 3. The molecule has 0 spiro atoms. The van der Waals surface area contributed by atoms with Gasteiger partial charge in [0.2, 0.25) is 11.7 Å². The number of amides is 1. The first-order valence-electron chi connectivity index (χ1n) is 7.87. The van der Waals surface area contributed by atoms with Crippen molar-refractivity contribution in [1.82, 2.24) is 15.0 Å². The molecular formula is C18H17ClF3N3O2. The lowest BCUT2D eigenvalue weighted by atomic mass is 9.94. The van der Waals surface area contributed by atoms with Gasteiger partial charge in [0.15, 0.2) is 0 Å². The van der Waals surface area contributed by atoms with E-state index in [1.165, 1.54) is 4.90 Å². The third-order valence-corrected chi connectivity index (χ3v) is 4.40. The van der Waals surface area contributed by atoms with Crippen molar-refractivity contribution in [3.05, 3.63) is 35.7 Å². The molecule has 1 heterocycles. The van der Waals surface area contributed by atoms with Gasteiger partial charge in [0, 0.05) is 18.0 Å². The molecule has 27 heavy (non-hydrogen) atoms. The number of carbonyl (C=O) groups excluding carboxylic acids is 1. The maximum absolute atomic E-state index is 12.6. The SMILES string of the molecule is C#CCN(Cc1ccc(-c2noc(C(F)(F)F)n2)cc1)C(=O)C(C)(C)CCl. The summed E-state index contributed by atoms with van der Waals surface area (Å²) < 4.78 is 41.8. The summed E-state index contributed by atoms with van der Waals surface area (Å²) in [4.78, 5) is 17.4. The van der Waals surface area contributed by atoms with E-state index in [1.54, 1.807) is 38.1 Å². The molecule has 5 nitrogen and oxygen atoms in total. The first-order chi connectivity index (χ1) is 12.6. The molecule has 0 unspecified atom stereocenters. The molecule has 0 aliphatic heterocycles. The Hall–Kier alpha value is -2.53. The van der Waals surface area contributed by atoms with Gasteiger partial charge in [-0.05, 0) is 19.4 Å². The van der Waals surface area contributed by atoms with E-state index in [4.69, 9.17) is 18.0 Å². The zero-order valence-corrected chi connectivity index (χ0v) is 15.4. The highest BCUT2D eigenvalue weighted by Gasteiger charge is 2.38. The molecule has 0 aliphatic carbocycles. The van der Waals surface area contributed by atoms with Crippen molar-refractivity contribution in [3.63, 3.8) is 0 Å². The molecule has 1 aromatic carbocycles. The minimum absolute atomic E-state index is 0.112. The van der Waals surface area contributed by atoms with Crippen molar-refractivity contribution in [2.45, 2.75) is 26.6 Å². The molecule has 0 bridgehead atoms. The van der Waals surface area contributed by atoms with Crippen LogP contribution in [0.3, 0.4) is 0 Å². The zero-order chi connectivity index (χ0) is 20.2. The van der Waals surface area contributed by atoms with E-state index in [1.807, 2.05) is 0 Å². The molecule has 0 radical (unpaired) electrons. The summed E-state index contributed by atoms with van der Waals surface area (Å²) in [7, 11) is 0. The summed E-state index contributed by atoms with van der Waals surface area (Å²) in [6.07, 6.45) is 0.650. The van der Waals surface area contributed by atoms with Gasteiger partial charge in [0.25, 0.3) is 0 Å². The highest BCUT2D eigenvalue weighted by molar-refractivity contribution is 6.19. The molecule has 0 N–H and O–H groups in total. The van der Waals surface area contributed by atoms with Gasteiger partial charge in [-0.2, -0.15) is 18.2 Å². The number of hydrogen-bond donors (Lipinski definition) is 0. The van der Waals surface area contributed by atoms with Crippen LogP contribution >= 0.6 is 11.6 Å². The molecule has 2 aromatic rings. The Bertz CT molecular complexity index is 839. The van der Waals surface area contributed by atoms with Gasteiger partial charge in [-0.15, -0.1) is 18.0 Å². The fourth-order valence-corrected chi connectivity index (χ4v) is 2.34. The third kappa shape index (κ3) is 5.01. The van der Waals surface area contributed by atoms with E-state index in [0.717, 1.165) is 5.56 Å². The van der Waals surface area contributed by atoms with E-state index in [-0.39, 0.29) is 30.7 Å². The molecular weight excluding hydrogens is 383 g/mol. The number of aromatic nitrogens is 2. The average Bonchev–Trinajstić information content (AvgIpc) is 3.12. The Kier molecular flexibility index (Phi) is 6.16. The highest BCUT2D eigenvalue weighted by Crippen LogP contribution is 2.29. The maximum atomic E-state index is 12.6. The van der Waals surface area contributed by atoms with Gasteiger partial charge >= 0.3 is 12.1 Å². The van der Waals surface area contributed by atoms with Crippen molar-refractivity contribution in [1.29, 1.82) is 0 Å². The second kappa shape index (κ2) is 8.01. The minimum atomic E-state index is -4.70. The van der Waals surface area contributed by atoms with Crippen molar-refractivity contribution in [3.8, 4) is 23.7 Å². The Morgan fingerprint density at radius 1 is 1.30 bits per heavy atom. The lowest BCUT2D eigenvalue weighted by molar-refractivity contribution is -0.159. The molecule has 1 aromatic heterocycles. The van der Waals surface area contributed by atoms with Gasteiger partial charge in [-0.1, -0.05) is 35.3 Å². The standard InChI is InChI=1S/C18H17ClF3N3O2/c1-4-9-25(16(26)17(2,3)11-19)10-12-5-7-13(8-6-12)14-23-15(27-24-14)18(20,21)22/h1,5-8H,9-11H2,2-3H3. The van der Waals surface area contributed by atoms with Crippen molar-refractivity contribution in [2.75, 3.05) is 12.4 Å². The monoisotopic (exact) mass is 399 g/mol. The maximum Gasteiger partial charge on any atom is 0.471 e. The van der Waals surface area contributed by atoms with Gasteiger partial charge in [-0.25, -0.2) is 0 Å². The van der Waals surface area contributed by atoms with Crippen molar-refractivity contribution in [2.24, 2.45) is 5.41 Å². The van der Waals surface area contributed by atoms with Gasteiger partial charge in [0.05, 0.1) is 12.0 Å². The molecule has 0 atom stereocenters. The second-order valence-electron chi connectivity index (χ2n) is 6.50. The Balaban J connectivity index is 2.17. The number of rotatable bonds is 6. The lowest BCUT2D eigenvalue weighted by Gasteiger charge is -2.29. The van der Waals surface area contributed by atoms with Crippen LogP contribution in [0.4, 0.5) is 13.2 Å². The van der Waals surface area contributed by atoms with Crippen LogP contribution in [0.25, 0.3) is 11.4 Å². The first kappa shape index (κ1) is 20.8. The largest absolute Gasteiger partial charge is 0.471 e. The van der Waals surface area contributed by atoms with Gasteiger partial charge in [-0.3, -0.25) is 4.79 Å². The topological polar surface area (TPSA) is 59.2 Å². The summed E-state index contributed by atoms with van der Waals surface area (Å²) in [5.41, 5.74) is 0.331. The highest BCUT2D eigenvalue weighted by atomic mass is 35.5. The van der Waals surface area contributed by atoms with Crippen LogP contribution in [-0.2, 0) is 17.5 Å². The summed E-state index contributed by atoms with van der Waals surface area (Å²) in [5.74, 6) is 0.820. The molecule has 0 aliphatic rings. The number of halogens is 4. The van der Waals surface area contributed by atoms with Crippen molar-refractivity contribution >= 4 is 17.5 Å². The summed E-state index contributed by atoms with van der Waals surface area (Å²) in [6.45, 7) is 3.80. The van der Waals surface area contributed by atoms with Crippen LogP contribution in [0.2, 0.25) is 0 Å². The molecule has 9 heteroatoms. The van der Waals surface area contributed by atoms with E-state index in [9.17, 15) is 18.0 Å². The van der Waals surface area contributed by atoms with E-state index in [0.29, 0.717) is 5.56 Å². The fraction of sp³-hybridized carbons (Fsp3) is 0.389. The third-order valence-electron chi connectivity index (χ3n) is 3.74. The average molecular weight is 400 g/mol. The lowest BCUT2D eigenvalue weighted by Crippen LogP contribution is -2.41. The van der Waals surface area contributed by atoms with Crippen LogP contribution in [0.15, 0.2) is 28.8 Å². The summed E-state index contributed by atoms with van der Waals surface area (Å²) in [6, 6.07) is 6.41. The predicted molar refractivity (Wildman–Crippen MR) is 93.5 cm³/mol. The van der Waals surface area contributed by atoms with Crippen LogP contribution < -0.4 is 0 Å². The van der Waals surface area contributed by atoms with E-state index >= 15 is 0 Å². The van der Waals surface area contributed by atoms with Gasteiger partial charge in [0.1, 0.15) is 0 Å². The Morgan fingerprint density at radius 2 is 1.93 bits per heavy atom. The Morgan fingerprint density at radius 3 is 2.41 bits per heavy atom. The Labute approximate surface area is 159 Å². The summed E-state index contributed by atoms with van der Waals surface area (Å²) >= 11 is 5.86. The second-order valence-corrected chi connectivity index (χ2v) is 6.77. The van der Waals surface area contributed by atoms with Crippen LogP contribution in [-0.4, -0.2) is 33.4 Å². The van der Waals surface area contributed by atoms with Crippen LogP contribution in [0, 0.1) is 17.8 Å². The minimum Gasteiger partial charge on any atom is -0.329 e. The molecule has 1 amide bonds. The smallest absolute Gasteiger partial charge is 0.329 e. The number of carbonyl (C=O) groups is 1. The van der Waals surface area contributed by atoms with Crippen molar-refractivity contribution < 1.29 is 22.5 Å². The molecule has 144 valence electrons. The molecule has 0 saturated carbocycles. The molecule has 2 rings (SSSR count). The summed E-state index contributed by atoms with van der Waals surface area (Å²) in [5, 5.41) is 3.33. The van der Waals surface area contributed by atoms with Crippen LogP contribution in [0.5, 0.6) is 0 Å². The fourth-order valence-electron chi connectivity index (χ4n) is 2.23. The number of hydrogen-bond acceptors (Lipinski definition) is 4. The zero-order valence-electron chi connectivity index (χ0n) is 14.7. The molecule has 0 fully saturated rings. The quantitative estimate of drug-likeness (QED) is 0.544. The van der Waals surface area contributed by atoms with Gasteiger partial charge < -0.3 is 9.42 Å². The predicted octanol–water partition coefficient (Wildman–Crippen LogP) is 3.98. The number of alkyl halides is 4. The number of terminal acetylenes is 1. The normalized spacial score (nSPS) is 11.9. The first-order valence-corrected chi connectivity index (χ1v) is 8.41. The number of benzene rings is 1. The van der Waals surface area contributed by atoms with E-state index < -0.39 is 17.5 Å². The van der Waals surface area contributed by atoms with Crippen LogP contribution in [0.1, 0.15) is 25.3 Å².